The van der Waals surface area contributed by atoms with Crippen molar-refractivity contribution in [3.63, 3.8) is 0 Å². The number of aromatic nitrogens is 4. The Kier molecular flexibility index (Phi) is 7.07. The number of hydrogen-bond acceptors (Lipinski definition) is 4. The highest BCUT2D eigenvalue weighted by atomic mass is 16.5. The van der Waals surface area contributed by atoms with Gasteiger partial charge in [0.25, 0.3) is 0 Å². The van der Waals surface area contributed by atoms with Crippen LogP contribution in [-0.2, 0) is 10.8 Å². The minimum Gasteiger partial charge on any atom is -0.495 e. The van der Waals surface area contributed by atoms with Crippen molar-refractivity contribution in [1.29, 1.82) is 0 Å². The van der Waals surface area contributed by atoms with Crippen molar-refractivity contribution >= 4 is 43.6 Å². The number of para-hydroxylation sites is 2. The number of benzene rings is 6. The van der Waals surface area contributed by atoms with Crippen LogP contribution < -0.4 is 9.47 Å². The zero-order chi connectivity index (χ0) is 40.7. The standard InChI is InChI=1S/C54H42N4O2/c1-53(2)45-19-17-33(25-39(45)43-27-35(59-5)29-55-51(43)53)57-47-13-9-7-11-37(47)41-23-31(15-21-49(41)57)32-16-22-50-42(24-32)38-12-8-10-14-48(38)58(50)34-18-20-46-40(26-34)44-28-36(60-6)30-56-52(44)54(46,3)4/h7-30H,1-6H3. The van der Waals surface area contributed by atoms with Crippen molar-refractivity contribution < 1.29 is 9.47 Å². The molecule has 60 heavy (non-hydrogen) atoms. The summed E-state index contributed by atoms with van der Waals surface area (Å²) in [5.41, 5.74) is 18.4. The molecule has 6 heteroatoms. The Balaban J connectivity index is 0.995. The molecule has 0 amide bonds. The monoisotopic (exact) mass is 778 g/mol. The summed E-state index contributed by atoms with van der Waals surface area (Å²) in [7, 11) is 3.41. The molecule has 0 unspecified atom stereocenters. The molecule has 0 fully saturated rings. The molecule has 0 bridgehead atoms. The largest absolute Gasteiger partial charge is 0.495 e. The van der Waals surface area contributed by atoms with Crippen LogP contribution in [0.1, 0.15) is 50.2 Å². The van der Waals surface area contributed by atoms with E-state index in [1.165, 1.54) is 77.0 Å². The third-order valence-electron chi connectivity index (χ3n) is 13.5. The summed E-state index contributed by atoms with van der Waals surface area (Å²) < 4.78 is 16.1. The quantitative estimate of drug-likeness (QED) is 0.175. The van der Waals surface area contributed by atoms with Crippen LogP contribution in [0.5, 0.6) is 11.5 Å². The number of pyridine rings is 2. The lowest BCUT2D eigenvalue weighted by Gasteiger charge is -2.20. The van der Waals surface area contributed by atoms with E-state index in [1.54, 1.807) is 14.2 Å². The van der Waals surface area contributed by atoms with Gasteiger partial charge in [0.05, 0.1) is 60.1 Å². The zero-order valence-electron chi connectivity index (χ0n) is 34.5. The molecule has 2 aliphatic rings. The third kappa shape index (κ3) is 4.64. The van der Waals surface area contributed by atoms with Crippen molar-refractivity contribution in [3.8, 4) is 56.3 Å². The number of methoxy groups -OCH3 is 2. The predicted molar refractivity (Wildman–Crippen MR) is 244 cm³/mol. The summed E-state index contributed by atoms with van der Waals surface area (Å²) >= 11 is 0. The second kappa shape index (κ2) is 12.2. The molecule has 2 aliphatic carbocycles. The lowest BCUT2D eigenvalue weighted by Crippen LogP contribution is -2.16. The van der Waals surface area contributed by atoms with Crippen LogP contribution in [0.3, 0.4) is 0 Å². The predicted octanol–water partition coefficient (Wildman–Crippen LogP) is 13.0. The Bertz CT molecular complexity index is 3240. The minimum atomic E-state index is -0.199. The average molecular weight is 779 g/mol. The second-order valence-electron chi connectivity index (χ2n) is 17.4. The molecule has 0 saturated carbocycles. The Hall–Kier alpha value is -7.18. The summed E-state index contributed by atoms with van der Waals surface area (Å²) in [4.78, 5) is 9.74. The molecule has 290 valence electrons. The average Bonchev–Trinajstić information content (AvgIpc) is 3.93. The Morgan fingerprint density at radius 2 is 0.833 bits per heavy atom. The van der Waals surface area contributed by atoms with E-state index in [0.717, 1.165) is 45.4 Å². The zero-order valence-corrected chi connectivity index (χ0v) is 34.5. The maximum Gasteiger partial charge on any atom is 0.137 e. The van der Waals surface area contributed by atoms with Gasteiger partial charge in [0, 0.05) is 54.9 Å². The number of rotatable bonds is 5. The van der Waals surface area contributed by atoms with Crippen LogP contribution in [0.2, 0.25) is 0 Å². The van der Waals surface area contributed by atoms with Gasteiger partial charge in [-0.3, -0.25) is 9.97 Å². The Morgan fingerprint density at radius 3 is 1.27 bits per heavy atom. The first kappa shape index (κ1) is 34.8. The van der Waals surface area contributed by atoms with E-state index in [2.05, 4.69) is 170 Å². The fraction of sp³-hybridized carbons (Fsp3) is 0.148. The molecule has 6 aromatic carbocycles. The van der Waals surface area contributed by atoms with Gasteiger partial charge < -0.3 is 18.6 Å². The van der Waals surface area contributed by atoms with E-state index in [-0.39, 0.29) is 10.8 Å². The fourth-order valence-electron chi connectivity index (χ4n) is 10.5. The molecule has 0 aliphatic heterocycles. The minimum absolute atomic E-state index is 0.199. The van der Waals surface area contributed by atoms with Crippen LogP contribution in [-0.4, -0.2) is 33.3 Å². The van der Waals surface area contributed by atoms with E-state index >= 15 is 0 Å². The van der Waals surface area contributed by atoms with E-state index in [9.17, 15) is 0 Å². The number of nitrogens with zero attached hydrogens (tertiary/aromatic N) is 4. The summed E-state index contributed by atoms with van der Waals surface area (Å²) in [5, 5.41) is 4.90. The van der Waals surface area contributed by atoms with Gasteiger partial charge in [0.1, 0.15) is 11.5 Å². The SMILES string of the molecule is COc1cnc2c(c1)-c1cc(-n3c4ccccc4c4cc(-c5ccc6c(c5)c5ccccc5n6-c5ccc6c(c5)-c5cc(OC)cnc5C6(C)C)ccc43)ccc1C2(C)C. The van der Waals surface area contributed by atoms with E-state index < -0.39 is 0 Å². The molecular formula is C54H42N4O2. The molecular weight excluding hydrogens is 737 g/mol. The summed E-state index contributed by atoms with van der Waals surface area (Å²) in [6.45, 7) is 9.04. The normalized spacial score (nSPS) is 14.4. The van der Waals surface area contributed by atoms with Gasteiger partial charge in [-0.2, -0.15) is 0 Å². The lowest BCUT2D eigenvalue weighted by molar-refractivity contribution is 0.412. The molecule has 0 saturated heterocycles. The molecule has 4 heterocycles. The van der Waals surface area contributed by atoms with Crippen LogP contribution in [0, 0.1) is 0 Å². The Labute approximate surface area is 348 Å². The highest BCUT2D eigenvalue weighted by Gasteiger charge is 2.39. The molecule has 4 aromatic heterocycles. The van der Waals surface area contributed by atoms with Gasteiger partial charge in [-0.1, -0.05) is 88.4 Å². The summed E-state index contributed by atoms with van der Waals surface area (Å²) in [6.07, 6.45) is 3.66. The first-order chi connectivity index (χ1) is 29.1. The molecule has 0 radical (unpaired) electrons. The topological polar surface area (TPSA) is 54.1 Å². The van der Waals surface area contributed by atoms with Crippen LogP contribution in [0.25, 0.3) is 88.4 Å². The molecule has 10 aromatic rings. The first-order valence-electron chi connectivity index (χ1n) is 20.6. The second-order valence-corrected chi connectivity index (χ2v) is 17.4. The van der Waals surface area contributed by atoms with Crippen molar-refractivity contribution in [1.82, 2.24) is 19.1 Å². The van der Waals surface area contributed by atoms with Gasteiger partial charge in [-0.25, -0.2) is 0 Å². The van der Waals surface area contributed by atoms with Gasteiger partial charge in [0.2, 0.25) is 0 Å². The van der Waals surface area contributed by atoms with E-state index in [4.69, 9.17) is 19.4 Å². The van der Waals surface area contributed by atoms with E-state index in [1.807, 2.05) is 12.4 Å². The maximum absolute atomic E-state index is 5.62. The highest BCUT2D eigenvalue weighted by molar-refractivity contribution is 6.13. The maximum atomic E-state index is 5.62. The van der Waals surface area contributed by atoms with Crippen molar-refractivity contribution in [2.24, 2.45) is 0 Å². The van der Waals surface area contributed by atoms with Gasteiger partial charge in [-0.15, -0.1) is 0 Å². The van der Waals surface area contributed by atoms with Crippen LogP contribution in [0.4, 0.5) is 0 Å². The van der Waals surface area contributed by atoms with Gasteiger partial charge in [-0.05, 0) is 106 Å². The fourth-order valence-corrected chi connectivity index (χ4v) is 10.5. The summed E-state index contributed by atoms with van der Waals surface area (Å²) in [5.74, 6) is 1.54. The van der Waals surface area contributed by atoms with Crippen molar-refractivity contribution in [3.05, 3.63) is 168 Å². The number of ether oxygens (including phenoxy) is 2. The summed E-state index contributed by atoms with van der Waals surface area (Å²) in [6, 6.07) is 49.4. The van der Waals surface area contributed by atoms with Crippen molar-refractivity contribution in [2.75, 3.05) is 14.2 Å². The third-order valence-corrected chi connectivity index (χ3v) is 13.5. The van der Waals surface area contributed by atoms with E-state index in [0.29, 0.717) is 0 Å². The molecule has 0 spiro atoms. The van der Waals surface area contributed by atoms with Crippen LogP contribution in [0.15, 0.2) is 146 Å². The molecule has 12 rings (SSSR count). The molecule has 0 N–H and O–H groups in total. The van der Waals surface area contributed by atoms with Crippen LogP contribution >= 0.6 is 0 Å². The number of hydrogen-bond donors (Lipinski definition) is 0. The lowest BCUT2D eigenvalue weighted by atomic mass is 9.85. The highest BCUT2D eigenvalue weighted by Crippen LogP contribution is 2.51. The molecule has 6 nitrogen and oxygen atoms in total. The van der Waals surface area contributed by atoms with Crippen molar-refractivity contribution in [2.45, 2.75) is 38.5 Å². The Morgan fingerprint density at radius 1 is 0.417 bits per heavy atom. The molecule has 0 atom stereocenters. The first-order valence-corrected chi connectivity index (χ1v) is 20.6. The van der Waals surface area contributed by atoms with Gasteiger partial charge in [0.15, 0.2) is 0 Å². The van der Waals surface area contributed by atoms with Gasteiger partial charge >= 0.3 is 0 Å². The number of fused-ring (bicyclic) bond motifs is 12. The smallest absolute Gasteiger partial charge is 0.137 e.